The molecule has 0 unspecified atom stereocenters. The molecule has 0 aliphatic carbocycles. The molecule has 0 bridgehead atoms. The first kappa shape index (κ1) is 23.7. The van der Waals surface area contributed by atoms with Crippen LogP contribution in [0.25, 0.3) is 0 Å². The average Bonchev–Trinajstić information content (AvgIpc) is 2.86. The summed E-state index contributed by atoms with van der Waals surface area (Å²) in [6.07, 6.45) is 0.830. The fourth-order valence-electron chi connectivity index (χ4n) is 3.88. The van der Waals surface area contributed by atoms with Gasteiger partial charge >= 0.3 is 0 Å². The summed E-state index contributed by atoms with van der Waals surface area (Å²) in [5, 5.41) is 2.94. The number of carbonyl (C=O) groups is 2. The molecular formula is C26H26N2O5S. The molecule has 0 aromatic heterocycles. The molecule has 1 N–H and O–H groups in total. The van der Waals surface area contributed by atoms with E-state index in [4.69, 9.17) is 4.74 Å². The van der Waals surface area contributed by atoms with E-state index in [9.17, 15) is 18.0 Å². The van der Waals surface area contributed by atoms with Gasteiger partial charge in [-0.25, -0.2) is 8.42 Å². The number of carbonyl (C=O) groups excluding carboxylic acids is 2. The Morgan fingerprint density at radius 3 is 2.15 bits per heavy atom. The Hall–Kier alpha value is -3.49. The van der Waals surface area contributed by atoms with Crippen molar-refractivity contribution in [2.45, 2.75) is 24.7 Å². The van der Waals surface area contributed by atoms with Crippen LogP contribution in [0.2, 0.25) is 0 Å². The van der Waals surface area contributed by atoms with Gasteiger partial charge in [-0.3, -0.25) is 9.59 Å². The molecule has 1 amide bonds. The molecule has 3 aromatic rings. The zero-order valence-corrected chi connectivity index (χ0v) is 19.6. The molecular weight excluding hydrogens is 452 g/mol. The van der Waals surface area contributed by atoms with Crippen molar-refractivity contribution >= 4 is 27.4 Å². The minimum absolute atomic E-state index is 0.119. The maximum Gasteiger partial charge on any atom is 0.243 e. The highest BCUT2D eigenvalue weighted by molar-refractivity contribution is 7.89. The third-order valence-electron chi connectivity index (χ3n) is 5.84. The van der Waals surface area contributed by atoms with Crippen LogP contribution >= 0.6 is 0 Å². The molecule has 1 heterocycles. The van der Waals surface area contributed by atoms with Crippen LogP contribution in [0.4, 0.5) is 5.69 Å². The highest BCUT2D eigenvalue weighted by Crippen LogP contribution is 2.31. The first-order chi connectivity index (χ1) is 16.3. The summed E-state index contributed by atoms with van der Waals surface area (Å²) < 4.78 is 33.3. The van der Waals surface area contributed by atoms with E-state index in [2.05, 4.69) is 5.32 Å². The predicted octanol–water partition coefficient (Wildman–Crippen LogP) is 4.72. The van der Waals surface area contributed by atoms with Crippen LogP contribution in [0.5, 0.6) is 11.5 Å². The number of nitrogens with zero attached hydrogens (tertiary/aromatic N) is 1. The van der Waals surface area contributed by atoms with Crippen molar-refractivity contribution in [2.75, 3.05) is 18.4 Å². The van der Waals surface area contributed by atoms with E-state index in [0.717, 1.165) is 0 Å². The topological polar surface area (TPSA) is 92.8 Å². The third-order valence-corrected chi connectivity index (χ3v) is 7.75. The van der Waals surface area contributed by atoms with Crippen molar-refractivity contribution in [3.8, 4) is 11.5 Å². The van der Waals surface area contributed by atoms with Gasteiger partial charge in [0.25, 0.3) is 0 Å². The van der Waals surface area contributed by atoms with Gasteiger partial charge < -0.3 is 10.1 Å². The lowest BCUT2D eigenvalue weighted by Crippen LogP contribution is -2.41. The molecule has 4 rings (SSSR count). The van der Waals surface area contributed by atoms with Gasteiger partial charge in [-0.1, -0.05) is 42.5 Å². The maximum atomic E-state index is 13.0. The molecule has 1 aliphatic rings. The molecule has 1 aliphatic heterocycles. The number of Topliss-reactive ketones (excluding diaryl/α,β-unsaturated/α-hetero) is 1. The van der Waals surface area contributed by atoms with Crippen LogP contribution in [0.15, 0.2) is 83.8 Å². The van der Waals surface area contributed by atoms with Gasteiger partial charge in [-0.05, 0) is 56.2 Å². The van der Waals surface area contributed by atoms with Crippen LogP contribution in [-0.4, -0.2) is 37.5 Å². The van der Waals surface area contributed by atoms with Gasteiger partial charge in [0.05, 0.1) is 10.6 Å². The molecule has 176 valence electrons. The summed E-state index contributed by atoms with van der Waals surface area (Å²) >= 11 is 0. The van der Waals surface area contributed by atoms with E-state index in [-0.39, 0.29) is 35.6 Å². The summed E-state index contributed by atoms with van der Waals surface area (Å²) in [5.74, 6) is 0.616. The van der Waals surface area contributed by atoms with E-state index in [1.165, 1.54) is 35.5 Å². The number of hydrogen-bond donors (Lipinski definition) is 1. The molecule has 8 heteroatoms. The number of amides is 1. The van der Waals surface area contributed by atoms with Gasteiger partial charge in [-0.2, -0.15) is 4.31 Å². The SMILES string of the molecule is CC(=O)c1ccc(S(=O)(=O)N2CCC(C(=O)Nc3ccccc3Oc3ccccc3)CC2)cc1. The van der Waals surface area contributed by atoms with Gasteiger partial charge in [-0.15, -0.1) is 0 Å². The highest BCUT2D eigenvalue weighted by atomic mass is 32.2. The number of ether oxygens (including phenoxy) is 1. The van der Waals surface area contributed by atoms with Crippen LogP contribution in [0.1, 0.15) is 30.1 Å². The Labute approximate surface area is 199 Å². The number of para-hydroxylation sites is 3. The molecule has 34 heavy (non-hydrogen) atoms. The molecule has 7 nitrogen and oxygen atoms in total. The number of benzene rings is 3. The van der Waals surface area contributed by atoms with E-state index in [0.29, 0.717) is 35.6 Å². The van der Waals surface area contributed by atoms with Crippen LogP contribution < -0.4 is 10.1 Å². The summed E-state index contributed by atoms with van der Waals surface area (Å²) in [7, 11) is -3.68. The second-order valence-electron chi connectivity index (χ2n) is 8.16. The van der Waals surface area contributed by atoms with Gasteiger partial charge in [0.2, 0.25) is 15.9 Å². The summed E-state index contributed by atoms with van der Waals surface area (Å²) in [5.41, 5.74) is 1.03. The predicted molar refractivity (Wildman–Crippen MR) is 130 cm³/mol. The number of hydrogen-bond acceptors (Lipinski definition) is 5. The Balaban J connectivity index is 1.38. The molecule has 3 aromatic carbocycles. The zero-order chi connectivity index (χ0) is 24.1. The van der Waals surface area contributed by atoms with Gasteiger partial charge in [0.15, 0.2) is 11.5 Å². The third kappa shape index (κ3) is 5.35. The summed E-state index contributed by atoms with van der Waals surface area (Å²) in [6.45, 7) is 1.93. The molecule has 1 fully saturated rings. The Kier molecular flexibility index (Phi) is 7.09. The van der Waals surface area contributed by atoms with Gasteiger partial charge in [0, 0.05) is 24.6 Å². The maximum absolute atomic E-state index is 13.0. The summed E-state index contributed by atoms with van der Waals surface area (Å²) in [4.78, 5) is 24.5. The second kappa shape index (κ2) is 10.2. The second-order valence-corrected chi connectivity index (χ2v) is 10.1. The number of ketones is 1. The van der Waals surface area contributed by atoms with Crippen LogP contribution in [-0.2, 0) is 14.8 Å². The van der Waals surface area contributed by atoms with Crippen molar-refractivity contribution in [3.63, 3.8) is 0 Å². The lowest BCUT2D eigenvalue weighted by Gasteiger charge is -2.30. The van der Waals surface area contributed by atoms with E-state index in [1.54, 1.807) is 12.1 Å². The molecule has 0 spiro atoms. The number of sulfonamides is 1. The van der Waals surface area contributed by atoms with Crippen molar-refractivity contribution in [2.24, 2.45) is 5.92 Å². The Bertz CT molecular complexity index is 1270. The fourth-order valence-corrected chi connectivity index (χ4v) is 5.35. The number of nitrogens with one attached hydrogen (secondary N) is 1. The smallest absolute Gasteiger partial charge is 0.243 e. The fraction of sp³-hybridized carbons (Fsp3) is 0.231. The monoisotopic (exact) mass is 478 g/mol. The number of piperidine rings is 1. The Morgan fingerprint density at radius 1 is 0.882 bits per heavy atom. The van der Waals surface area contributed by atoms with Crippen molar-refractivity contribution in [1.82, 2.24) is 4.31 Å². The first-order valence-corrected chi connectivity index (χ1v) is 12.5. The van der Waals surface area contributed by atoms with E-state index >= 15 is 0 Å². The largest absolute Gasteiger partial charge is 0.455 e. The standard InChI is InChI=1S/C26H26N2O5S/c1-19(29)20-11-13-23(14-12-20)34(31,32)28-17-15-21(16-18-28)26(30)27-24-9-5-6-10-25(24)33-22-7-3-2-4-8-22/h2-14,21H,15-18H2,1H3,(H,27,30). The van der Waals surface area contributed by atoms with Crippen LogP contribution in [0.3, 0.4) is 0 Å². The highest BCUT2D eigenvalue weighted by Gasteiger charge is 2.32. The molecule has 0 radical (unpaired) electrons. The zero-order valence-electron chi connectivity index (χ0n) is 18.8. The molecule has 0 atom stereocenters. The molecule has 1 saturated heterocycles. The van der Waals surface area contributed by atoms with Gasteiger partial charge in [0.1, 0.15) is 5.75 Å². The van der Waals surface area contributed by atoms with E-state index in [1.807, 2.05) is 42.5 Å². The lowest BCUT2D eigenvalue weighted by molar-refractivity contribution is -0.120. The molecule has 0 saturated carbocycles. The number of anilines is 1. The van der Waals surface area contributed by atoms with Crippen molar-refractivity contribution in [3.05, 3.63) is 84.4 Å². The van der Waals surface area contributed by atoms with E-state index < -0.39 is 10.0 Å². The average molecular weight is 479 g/mol. The minimum Gasteiger partial charge on any atom is -0.455 e. The number of rotatable bonds is 7. The minimum atomic E-state index is -3.68. The van der Waals surface area contributed by atoms with Crippen molar-refractivity contribution in [1.29, 1.82) is 0 Å². The Morgan fingerprint density at radius 2 is 1.50 bits per heavy atom. The summed E-state index contributed by atoms with van der Waals surface area (Å²) in [6, 6.07) is 22.5. The van der Waals surface area contributed by atoms with Crippen molar-refractivity contribution < 1.29 is 22.7 Å². The normalized spacial score (nSPS) is 15.0. The first-order valence-electron chi connectivity index (χ1n) is 11.1. The lowest BCUT2D eigenvalue weighted by atomic mass is 9.97. The van der Waals surface area contributed by atoms with Crippen LogP contribution in [0, 0.1) is 5.92 Å². The quantitative estimate of drug-likeness (QED) is 0.496.